The van der Waals surface area contributed by atoms with Crippen LogP contribution in [0.1, 0.15) is 40.5 Å². The Hall–Kier alpha value is -1.79. The summed E-state index contributed by atoms with van der Waals surface area (Å²) in [5.74, 6) is -0.760. The third-order valence-corrected chi connectivity index (χ3v) is 3.51. The topological polar surface area (TPSA) is 84.9 Å². The summed E-state index contributed by atoms with van der Waals surface area (Å²) in [6.45, 7) is 7.54. The van der Waals surface area contributed by atoms with Crippen LogP contribution >= 0.6 is 0 Å². The first-order chi connectivity index (χ1) is 9.69. The number of esters is 1. The molecule has 0 saturated carbocycles. The zero-order chi connectivity index (χ0) is 15.8. The Kier molecular flexibility index (Phi) is 4.11. The Bertz CT molecular complexity index is 457. The molecular weight excluding hydrogens is 276 g/mol. The zero-order valence-corrected chi connectivity index (χ0v) is 12.8. The molecule has 0 unspecified atom stereocenters. The lowest BCUT2D eigenvalue weighted by atomic mass is 10.1. The Morgan fingerprint density at radius 3 is 2.57 bits per heavy atom. The molecule has 0 aliphatic carbocycles. The molecule has 2 amide bonds. The molecule has 7 heteroatoms. The van der Waals surface area contributed by atoms with Crippen LogP contribution in [0.4, 0.5) is 4.79 Å². The van der Waals surface area contributed by atoms with Crippen molar-refractivity contribution in [1.29, 1.82) is 0 Å². The minimum Gasteiger partial charge on any atom is -0.458 e. The number of amides is 2. The lowest BCUT2D eigenvalue weighted by Crippen LogP contribution is -2.61. The molecule has 2 heterocycles. The maximum Gasteiger partial charge on any atom is 0.410 e. The van der Waals surface area contributed by atoms with Crippen LogP contribution in [0.5, 0.6) is 0 Å². The van der Waals surface area contributed by atoms with Gasteiger partial charge >= 0.3 is 12.1 Å². The normalized spacial score (nSPS) is 28.7. The van der Waals surface area contributed by atoms with E-state index in [9.17, 15) is 14.4 Å². The van der Waals surface area contributed by atoms with E-state index in [-0.39, 0.29) is 12.0 Å². The summed E-state index contributed by atoms with van der Waals surface area (Å²) in [5, 5.41) is 2.64. The number of ether oxygens (including phenoxy) is 2. The number of carbonyl (C=O) groups is 3. The molecule has 0 bridgehead atoms. The fourth-order valence-corrected chi connectivity index (χ4v) is 2.45. The van der Waals surface area contributed by atoms with Crippen LogP contribution in [-0.2, 0) is 19.1 Å². The minimum atomic E-state index is -0.612. The van der Waals surface area contributed by atoms with Gasteiger partial charge in [0.2, 0.25) is 5.91 Å². The predicted molar refractivity (Wildman–Crippen MR) is 73.4 cm³/mol. The van der Waals surface area contributed by atoms with Crippen LogP contribution in [0.2, 0.25) is 0 Å². The highest BCUT2D eigenvalue weighted by Gasteiger charge is 2.43. The van der Waals surface area contributed by atoms with Gasteiger partial charge in [-0.3, -0.25) is 9.69 Å². The quantitative estimate of drug-likeness (QED) is 0.763. The van der Waals surface area contributed by atoms with E-state index in [0.29, 0.717) is 13.0 Å². The van der Waals surface area contributed by atoms with Gasteiger partial charge in [0.1, 0.15) is 17.7 Å². The second-order valence-corrected chi connectivity index (χ2v) is 6.46. The van der Waals surface area contributed by atoms with Crippen molar-refractivity contribution in [2.24, 2.45) is 0 Å². The third kappa shape index (κ3) is 3.46. The smallest absolute Gasteiger partial charge is 0.410 e. The monoisotopic (exact) mass is 298 g/mol. The van der Waals surface area contributed by atoms with Gasteiger partial charge in [-0.15, -0.1) is 0 Å². The van der Waals surface area contributed by atoms with Gasteiger partial charge in [-0.2, -0.15) is 0 Å². The molecule has 21 heavy (non-hydrogen) atoms. The first-order valence-corrected chi connectivity index (χ1v) is 7.19. The summed E-state index contributed by atoms with van der Waals surface area (Å²) in [6.07, 6.45) is 0.491. The lowest BCUT2D eigenvalue weighted by Gasteiger charge is -2.34. The number of likely N-dealkylation sites (tertiary alicyclic amines) is 1. The van der Waals surface area contributed by atoms with Gasteiger partial charge < -0.3 is 14.8 Å². The number of nitrogens with one attached hydrogen (secondary N) is 1. The van der Waals surface area contributed by atoms with Crippen LogP contribution in [0.25, 0.3) is 0 Å². The van der Waals surface area contributed by atoms with Crippen LogP contribution in [0.3, 0.4) is 0 Å². The van der Waals surface area contributed by atoms with Gasteiger partial charge in [0.25, 0.3) is 0 Å². The van der Waals surface area contributed by atoms with E-state index in [1.807, 2.05) is 0 Å². The first-order valence-electron chi connectivity index (χ1n) is 7.19. The molecule has 1 N–H and O–H groups in total. The second kappa shape index (κ2) is 5.54. The molecule has 0 aromatic heterocycles. The molecule has 0 spiro atoms. The Balaban J connectivity index is 1.96. The Morgan fingerprint density at radius 2 is 2.05 bits per heavy atom. The summed E-state index contributed by atoms with van der Waals surface area (Å²) < 4.78 is 10.1. The van der Waals surface area contributed by atoms with Crippen molar-refractivity contribution < 1.29 is 23.9 Å². The molecule has 2 aliphatic heterocycles. The molecular formula is C14H22N2O5. The number of cyclic esters (lactones) is 1. The molecule has 3 atom stereocenters. The summed E-state index contributed by atoms with van der Waals surface area (Å²) in [6, 6.07) is -1.20. The zero-order valence-electron chi connectivity index (χ0n) is 12.8. The molecule has 2 fully saturated rings. The van der Waals surface area contributed by atoms with E-state index >= 15 is 0 Å². The largest absolute Gasteiger partial charge is 0.458 e. The first kappa shape index (κ1) is 15.6. The van der Waals surface area contributed by atoms with E-state index in [2.05, 4.69) is 5.32 Å². The van der Waals surface area contributed by atoms with Crippen molar-refractivity contribution >= 4 is 18.0 Å². The van der Waals surface area contributed by atoms with Crippen molar-refractivity contribution in [2.45, 2.75) is 64.3 Å². The maximum atomic E-state index is 12.3. The fourth-order valence-electron chi connectivity index (χ4n) is 2.45. The highest BCUT2D eigenvalue weighted by Crippen LogP contribution is 2.22. The standard InChI is InChI=1S/C14H22N2O5/c1-8-10(12(18)20-8)15-11(17)9-6-5-7-16(9)13(19)21-14(2,3)4/h8-10H,5-7H2,1-4H3,(H,15,17)/t8-,9+,10+/m1/s1. The molecule has 0 radical (unpaired) electrons. The predicted octanol–water partition coefficient (Wildman–Crippen LogP) is 0.816. The van der Waals surface area contributed by atoms with Crippen molar-refractivity contribution in [3.8, 4) is 0 Å². The second-order valence-electron chi connectivity index (χ2n) is 6.46. The Morgan fingerprint density at radius 1 is 1.38 bits per heavy atom. The summed E-state index contributed by atoms with van der Waals surface area (Å²) >= 11 is 0. The molecule has 2 saturated heterocycles. The van der Waals surface area contributed by atoms with Crippen LogP contribution in [0, 0.1) is 0 Å². The van der Waals surface area contributed by atoms with Gasteiger partial charge in [-0.05, 0) is 40.5 Å². The molecule has 2 rings (SSSR count). The van der Waals surface area contributed by atoms with E-state index in [4.69, 9.17) is 9.47 Å². The third-order valence-electron chi connectivity index (χ3n) is 3.51. The molecule has 2 aliphatic rings. The van der Waals surface area contributed by atoms with Gasteiger partial charge in [0.05, 0.1) is 0 Å². The van der Waals surface area contributed by atoms with Gasteiger partial charge in [0, 0.05) is 6.54 Å². The summed E-state index contributed by atoms with van der Waals surface area (Å²) in [4.78, 5) is 37.0. The SMILES string of the molecule is C[C@H]1OC(=O)[C@H]1NC(=O)[C@@H]1CCCN1C(=O)OC(C)(C)C. The molecule has 7 nitrogen and oxygen atoms in total. The maximum absolute atomic E-state index is 12.3. The highest BCUT2D eigenvalue weighted by molar-refractivity contribution is 5.92. The van der Waals surface area contributed by atoms with Gasteiger partial charge in [0.15, 0.2) is 6.04 Å². The van der Waals surface area contributed by atoms with Crippen molar-refractivity contribution in [3.05, 3.63) is 0 Å². The van der Waals surface area contributed by atoms with E-state index in [1.54, 1.807) is 27.7 Å². The summed E-state index contributed by atoms with van der Waals surface area (Å²) in [7, 11) is 0. The minimum absolute atomic E-state index is 0.321. The number of hydrogen-bond acceptors (Lipinski definition) is 5. The number of carbonyl (C=O) groups excluding carboxylic acids is 3. The number of hydrogen-bond donors (Lipinski definition) is 1. The number of nitrogens with zero attached hydrogens (tertiary/aromatic N) is 1. The van der Waals surface area contributed by atoms with E-state index in [1.165, 1.54) is 4.90 Å². The van der Waals surface area contributed by atoms with Crippen molar-refractivity contribution in [2.75, 3.05) is 6.54 Å². The van der Waals surface area contributed by atoms with Crippen LogP contribution in [-0.4, -0.2) is 53.2 Å². The number of rotatable bonds is 2. The van der Waals surface area contributed by atoms with Crippen molar-refractivity contribution in [3.63, 3.8) is 0 Å². The van der Waals surface area contributed by atoms with Gasteiger partial charge in [-0.1, -0.05) is 0 Å². The molecule has 0 aromatic rings. The van der Waals surface area contributed by atoms with Gasteiger partial charge in [-0.25, -0.2) is 9.59 Å². The van der Waals surface area contributed by atoms with Crippen LogP contribution < -0.4 is 5.32 Å². The summed E-state index contributed by atoms with van der Waals surface area (Å²) in [5.41, 5.74) is -0.604. The average molecular weight is 298 g/mol. The lowest BCUT2D eigenvalue weighted by molar-refractivity contribution is -0.176. The van der Waals surface area contributed by atoms with Crippen LogP contribution in [0.15, 0.2) is 0 Å². The average Bonchev–Trinajstić information content (AvgIpc) is 2.83. The van der Waals surface area contributed by atoms with E-state index < -0.39 is 29.7 Å². The molecule has 118 valence electrons. The van der Waals surface area contributed by atoms with Crippen molar-refractivity contribution in [1.82, 2.24) is 10.2 Å². The highest BCUT2D eigenvalue weighted by atomic mass is 16.6. The molecule has 0 aromatic carbocycles. The fraction of sp³-hybridized carbons (Fsp3) is 0.786. The van der Waals surface area contributed by atoms with E-state index in [0.717, 1.165) is 6.42 Å². The Labute approximate surface area is 123 Å².